The zero-order valence-corrected chi connectivity index (χ0v) is 13.7. The number of rotatable bonds is 8. The Kier molecular flexibility index (Phi) is 6.39. The van der Waals surface area contributed by atoms with Gasteiger partial charge in [-0.3, -0.25) is 4.79 Å². The second-order valence-corrected chi connectivity index (χ2v) is 4.83. The molecule has 0 radical (unpaired) electrons. The molecule has 1 aromatic carbocycles. The van der Waals surface area contributed by atoms with E-state index < -0.39 is 0 Å². The first-order valence-electron chi connectivity index (χ1n) is 7.67. The van der Waals surface area contributed by atoms with E-state index in [1.807, 2.05) is 13.8 Å². The summed E-state index contributed by atoms with van der Waals surface area (Å²) in [5.74, 6) is 6.32. The first-order valence-corrected chi connectivity index (χ1v) is 7.67. The monoisotopic (exact) mass is 331 g/mol. The summed E-state index contributed by atoms with van der Waals surface area (Å²) in [6, 6.07) is 8.53. The fraction of sp³-hybridized carbons (Fsp3) is 0.294. The maximum absolute atomic E-state index is 12.3. The van der Waals surface area contributed by atoms with Crippen molar-refractivity contribution in [2.75, 3.05) is 13.2 Å². The molecule has 0 saturated carbocycles. The minimum atomic E-state index is -0.217. The smallest absolute Gasteiger partial charge is 0.251 e. The summed E-state index contributed by atoms with van der Waals surface area (Å²) in [7, 11) is 0. The lowest BCUT2D eigenvalue weighted by Crippen LogP contribution is -2.23. The molecule has 2 aromatic rings. The Bertz CT molecular complexity index is 691. The van der Waals surface area contributed by atoms with E-state index in [-0.39, 0.29) is 5.91 Å². The maximum Gasteiger partial charge on any atom is 0.251 e. The fourth-order valence-electron chi connectivity index (χ4n) is 2.10. The SMILES string of the molecule is CCOc1ccc(C(=O)NCc2ccnc(ON)c2)cc1OCC. The van der Waals surface area contributed by atoms with E-state index in [4.69, 9.17) is 15.4 Å². The number of amides is 1. The Hall–Kier alpha value is -2.80. The van der Waals surface area contributed by atoms with Crippen molar-refractivity contribution in [1.29, 1.82) is 0 Å². The van der Waals surface area contributed by atoms with Crippen LogP contribution < -0.4 is 25.5 Å². The summed E-state index contributed by atoms with van der Waals surface area (Å²) in [6.07, 6.45) is 1.56. The summed E-state index contributed by atoms with van der Waals surface area (Å²) < 4.78 is 11.0. The van der Waals surface area contributed by atoms with Gasteiger partial charge in [-0.05, 0) is 43.7 Å². The normalized spacial score (nSPS) is 10.1. The van der Waals surface area contributed by atoms with Gasteiger partial charge in [-0.2, -0.15) is 5.90 Å². The fourth-order valence-corrected chi connectivity index (χ4v) is 2.10. The van der Waals surface area contributed by atoms with Crippen LogP contribution in [-0.2, 0) is 6.54 Å². The molecule has 0 aliphatic carbocycles. The lowest BCUT2D eigenvalue weighted by molar-refractivity contribution is 0.0950. The topological polar surface area (TPSA) is 95.7 Å². The summed E-state index contributed by atoms with van der Waals surface area (Å²) in [4.78, 5) is 20.8. The third-order valence-corrected chi connectivity index (χ3v) is 3.18. The van der Waals surface area contributed by atoms with Gasteiger partial charge in [-0.15, -0.1) is 0 Å². The van der Waals surface area contributed by atoms with E-state index in [9.17, 15) is 4.79 Å². The highest BCUT2D eigenvalue weighted by Crippen LogP contribution is 2.28. The summed E-state index contributed by atoms with van der Waals surface area (Å²) in [6.45, 7) is 5.12. The third-order valence-electron chi connectivity index (χ3n) is 3.18. The molecule has 3 N–H and O–H groups in total. The van der Waals surface area contributed by atoms with Crippen LogP contribution in [0.1, 0.15) is 29.8 Å². The van der Waals surface area contributed by atoms with E-state index >= 15 is 0 Å². The van der Waals surface area contributed by atoms with E-state index in [1.165, 1.54) is 0 Å². The molecule has 0 fully saturated rings. The molecule has 0 unspecified atom stereocenters. The number of carbonyl (C=O) groups excluding carboxylic acids is 1. The summed E-state index contributed by atoms with van der Waals surface area (Å²) in [5, 5.41) is 2.83. The van der Waals surface area contributed by atoms with Crippen molar-refractivity contribution in [2.24, 2.45) is 5.90 Å². The molecule has 7 nitrogen and oxygen atoms in total. The number of nitrogens with zero attached hydrogens (tertiary/aromatic N) is 1. The molecule has 0 bridgehead atoms. The van der Waals surface area contributed by atoms with Crippen molar-refractivity contribution < 1.29 is 19.1 Å². The van der Waals surface area contributed by atoms with Gasteiger partial charge in [0.1, 0.15) is 0 Å². The van der Waals surface area contributed by atoms with Crippen molar-refractivity contribution in [2.45, 2.75) is 20.4 Å². The van der Waals surface area contributed by atoms with E-state index in [0.29, 0.717) is 42.7 Å². The van der Waals surface area contributed by atoms with Crippen molar-refractivity contribution in [3.05, 3.63) is 47.7 Å². The highest BCUT2D eigenvalue weighted by molar-refractivity contribution is 5.94. The molecule has 0 spiro atoms. The van der Waals surface area contributed by atoms with Crippen LogP contribution in [0.25, 0.3) is 0 Å². The van der Waals surface area contributed by atoms with Gasteiger partial charge in [0.05, 0.1) is 13.2 Å². The van der Waals surface area contributed by atoms with Crippen LogP contribution in [0.2, 0.25) is 0 Å². The van der Waals surface area contributed by atoms with Crippen molar-refractivity contribution in [3.8, 4) is 17.4 Å². The molecule has 1 heterocycles. The minimum Gasteiger partial charge on any atom is -0.490 e. The minimum absolute atomic E-state index is 0.217. The predicted molar refractivity (Wildman–Crippen MR) is 89.0 cm³/mol. The lowest BCUT2D eigenvalue weighted by atomic mass is 10.1. The molecule has 7 heteroatoms. The quantitative estimate of drug-likeness (QED) is 0.719. The van der Waals surface area contributed by atoms with Crippen molar-refractivity contribution in [1.82, 2.24) is 10.3 Å². The molecular weight excluding hydrogens is 310 g/mol. The molecule has 2 rings (SSSR count). The van der Waals surface area contributed by atoms with Gasteiger partial charge in [-0.25, -0.2) is 4.98 Å². The van der Waals surface area contributed by atoms with Gasteiger partial charge in [0, 0.05) is 24.4 Å². The van der Waals surface area contributed by atoms with Crippen LogP contribution in [0.4, 0.5) is 0 Å². The Morgan fingerprint density at radius 3 is 2.58 bits per heavy atom. The highest BCUT2D eigenvalue weighted by Gasteiger charge is 2.11. The Balaban J connectivity index is 2.07. The number of hydrogen-bond acceptors (Lipinski definition) is 6. The zero-order chi connectivity index (χ0) is 17.4. The van der Waals surface area contributed by atoms with Crippen LogP contribution in [0.5, 0.6) is 17.4 Å². The lowest BCUT2D eigenvalue weighted by Gasteiger charge is -2.12. The van der Waals surface area contributed by atoms with Gasteiger partial charge in [0.2, 0.25) is 5.88 Å². The Labute approximate surface area is 140 Å². The highest BCUT2D eigenvalue weighted by atomic mass is 16.6. The Morgan fingerprint density at radius 2 is 1.88 bits per heavy atom. The average Bonchev–Trinajstić information content (AvgIpc) is 2.61. The van der Waals surface area contributed by atoms with Gasteiger partial charge in [-0.1, -0.05) is 0 Å². The second kappa shape index (κ2) is 8.73. The number of pyridine rings is 1. The van der Waals surface area contributed by atoms with Gasteiger partial charge in [0.15, 0.2) is 11.5 Å². The van der Waals surface area contributed by atoms with Gasteiger partial charge >= 0.3 is 0 Å². The van der Waals surface area contributed by atoms with Crippen LogP contribution >= 0.6 is 0 Å². The zero-order valence-electron chi connectivity index (χ0n) is 13.7. The standard InChI is InChI=1S/C17H21N3O4/c1-3-22-14-6-5-13(10-15(14)23-4-2)17(21)20-11-12-7-8-19-16(9-12)24-18/h5-10H,3-4,11,18H2,1-2H3,(H,20,21). The number of hydrogen-bond donors (Lipinski definition) is 2. The van der Waals surface area contributed by atoms with Gasteiger partial charge < -0.3 is 19.6 Å². The molecular formula is C17H21N3O4. The summed E-state index contributed by atoms with van der Waals surface area (Å²) in [5.41, 5.74) is 1.32. The van der Waals surface area contributed by atoms with Crippen LogP contribution in [0, 0.1) is 0 Å². The molecule has 0 saturated heterocycles. The molecule has 0 aliphatic heterocycles. The van der Waals surface area contributed by atoms with Gasteiger partial charge in [0.25, 0.3) is 5.91 Å². The van der Waals surface area contributed by atoms with Crippen molar-refractivity contribution >= 4 is 5.91 Å². The largest absolute Gasteiger partial charge is 0.490 e. The second-order valence-electron chi connectivity index (χ2n) is 4.83. The molecule has 24 heavy (non-hydrogen) atoms. The molecule has 1 amide bonds. The number of carbonyl (C=O) groups is 1. The number of nitrogens with two attached hydrogens (primary N) is 1. The molecule has 0 aliphatic rings. The number of nitrogens with one attached hydrogen (secondary N) is 1. The number of benzene rings is 1. The third kappa shape index (κ3) is 4.60. The van der Waals surface area contributed by atoms with Crippen LogP contribution in [0.15, 0.2) is 36.5 Å². The van der Waals surface area contributed by atoms with E-state index in [0.717, 1.165) is 5.56 Å². The predicted octanol–water partition coefficient (Wildman–Crippen LogP) is 2.06. The first-order chi connectivity index (χ1) is 11.7. The van der Waals surface area contributed by atoms with Crippen molar-refractivity contribution in [3.63, 3.8) is 0 Å². The molecule has 1 aromatic heterocycles. The van der Waals surface area contributed by atoms with Crippen LogP contribution in [0.3, 0.4) is 0 Å². The average molecular weight is 331 g/mol. The van der Waals surface area contributed by atoms with E-state index in [1.54, 1.807) is 36.5 Å². The number of ether oxygens (including phenoxy) is 2. The molecule has 0 atom stereocenters. The Morgan fingerprint density at radius 1 is 1.12 bits per heavy atom. The molecule has 128 valence electrons. The first kappa shape index (κ1) is 17.6. The van der Waals surface area contributed by atoms with E-state index in [2.05, 4.69) is 15.1 Å². The maximum atomic E-state index is 12.3. The number of aromatic nitrogens is 1. The van der Waals surface area contributed by atoms with Crippen LogP contribution in [-0.4, -0.2) is 24.1 Å². The summed E-state index contributed by atoms with van der Waals surface area (Å²) >= 11 is 0.